The summed E-state index contributed by atoms with van der Waals surface area (Å²) in [4.78, 5) is 15.9. The minimum absolute atomic E-state index is 0.153. The molecule has 0 bridgehead atoms. The van der Waals surface area contributed by atoms with Gasteiger partial charge in [-0.1, -0.05) is 18.2 Å². The Morgan fingerprint density at radius 2 is 2.24 bits per heavy atom. The lowest BCUT2D eigenvalue weighted by atomic mass is 9.87. The Bertz CT molecular complexity index is 449. The minimum atomic E-state index is -0.192. The predicted octanol–water partition coefficient (Wildman–Crippen LogP) is 2.60. The van der Waals surface area contributed by atoms with Crippen LogP contribution in [0.2, 0.25) is 0 Å². The molecule has 1 aliphatic carbocycles. The van der Waals surface area contributed by atoms with Crippen LogP contribution < -0.4 is 0 Å². The van der Waals surface area contributed by atoms with Crippen molar-refractivity contribution in [3.8, 4) is 0 Å². The molecule has 2 rings (SSSR count). The molecule has 1 unspecified atom stereocenters. The number of aromatic nitrogens is 1. The topological polar surface area (TPSA) is 39.2 Å². The zero-order valence-electron chi connectivity index (χ0n) is 9.80. The highest BCUT2D eigenvalue weighted by molar-refractivity contribution is 5.89. The van der Waals surface area contributed by atoms with E-state index in [1.54, 1.807) is 12.4 Å². The van der Waals surface area contributed by atoms with E-state index >= 15 is 0 Å². The molecule has 0 radical (unpaired) electrons. The van der Waals surface area contributed by atoms with Crippen molar-refractivity contribution in [1.82, 2.24) is 4.98 Å². The van der Waals surface area contributed by atoms with Gasteiger partial charge in [0.25, 0.3) is 0 Å². The molecular weight excluding hydrogens is 214 g/mol. The van der Waals surface area contributed by atoms with Crippen LogP contribution in [0.4, 0.5) is 0 Å². The summed E-state index contributed by atoms with van der Waals surface area (Å²) < 4.78 is 5.10. The number of hydrogen-bond donors (Lipinski definition) is 0. The van der Waals surface area contributed by atoms with Crippen molar-refractivity contribution in [3.63, 3.8) is 0 Å². The lowest BCUT2D eigenvalue weighted by molar-refractivity contribution is -0.145. The van der Waals surface area contributed by atoms with E-state index in [1.807, 2.05) is 37.3 Å². The number of carbonyl (C=O) groups excluding carboxylic acids is 1. The fourth-order valence-electron chi connectivity index (χ4n) is 1.94. The molecule has 1 heterocycles. The first-order valence-electron chi connectivity index (χ1n) is 5.76. The summed E-state index contributed by atoms with van der Waals surface area (Å²) in [5.41, 5.74) is 2.04. The SMILES string of the molecule is CCOC(=O)C1CC=CC=C1c1ccncc1. The van der Waals surface area contributed by atoms with Gasteiger partial charge < -0.3 is 4.74 Å². The minimum Gasteiger partial charge on any atom is -0.466 e. The van der Waals surface area contributed by atoms with E-state index in [0.29, 0.717) is 13.0 Å². The van der Waals surface area contributed by atoms with Crippen LogP contribution in [0.25, 0.3) is 5.57 Å². The second-order valence-electron chi connectivity index (χ2n) is 3.83. The average molecular weight is 229 g/mol. The lowest BCUT2D eigenvalue weighted by Gasteiger charge is -2.20. The smallest absolute Gasteiger partial charge is 0.313 e. The predicted molar refractivity (Wildman–Crippen MR) is 66.1 cm³/mol. The van der Waals surface area contributed by atoms with E-state index in [1.165, 1.54) is 0 Å². The zero-order chi connectivity index (χ0) is 12.1. The summed E-state index contributed by atoms with van der Waals surface area (Å²) in [6, 6.07) is 3.83. The van der Waals surface area contributed by atoms with Crippen molar-refractivity contribution in [2.24, 2.45) is 5.92 Å². The van der Waals surface area contributed by atoms with Crippen molar-refractivity contribution in [1.29, 1.82) is 0 Å². The zero-order valence-corrected chi connectivity index (χ0v) is 9.80. The summed E-state index contributed by atoms with van der Waals surface area (Å²) in [5, 5.41) is 0. The number of esters is 1. The van der Waals surface area contributed by atoms with Crippen molar-refractivity contribution < 1.29 is 9.53 Å². The monoisotopic (exact) mass is 229 g/mol. The number of hydrogen-bond acceptors (Lipinski definition) is 3. The lowest BCUT2D eigenvalue weighted by Crippen LogP contribution is -2.20. The normalized spacial score (nSPS) is 18.6. The van der Waals surface area contributed by atoms with Gasteiger partial charge in [0.2, 0.25) is 0 Å². The first-order valence-corrected chi connectivity index (χ1v) is 5.76. The Hall–Kier alpha value is -1.90. The van der Waals surface area contributed by atoms with Gasteiger partial charge >= 0.3 is 5.97 Å². The Balaban J connectivity index is 2.26. The van der Waals surface area contributed by atoms with Gasteiger partial charge in [0.05, 0.1) is 12.5 Å². The molecular formula is C14H15NO2. The summed E-state index contributed by atoms with van der Waals surface area (Å²) in [6.07, 6.45) is 10.1. The fourth-order valence-corrected chi connectivity index (χ4v) is 1.94. The maximum absolute atomic E-state index is 11.9. The van der Waals surface area contributed by atoms with Crippen LogP contribution in [0.15, 0.2) is 42.8 Å². The molecule has 3 nitrogen and oxygen atoms in total. The summed E-state index contributed by atoms with van der Waals surface area (Å²) >= 11 is 0. The Kier molecular flexibility index (Phi) is 3.70. The number of rotatable bonds is 3. The van der Waals surface area contributed by atoms with Gasteiger partial charge in [0.15, 0.2) is 0 Å². The molecule has 0 aliphatic heterocycles. The molecule has 0 saturated carbocycles. The largest absolute Gasteiger partial charge is 0.466 e. The van der Waals surface area contributed by atoms with E-state index in [2.05, 4.69) is 4.98 Å². The maximum Gasteiger partial charge on any atom is 0.313 e. The van der Waals surface area contributed by atoms with Gasteiger partial charge in [-0.25, -0.2) is 0 Å². The molecule has 0 aromatic carbocycles. The summed E-state index contributed by atoms with van der Waals surface area (Å²) in [6.45, 7) is 2.25. The Morgan fingerprint density at radius 3 is 2.94 bits per heavy atom. The molecule has 1 aromatic rings. The van der Waals surface area contributed by atoms with Crippen LogP contribution in [-0.4, -0.2) is 17.6 Å². The molecule has 0 amide bonds. The molecule has 1 aromatic heterocycles. The fraction of sp³-hybridized carbons (Fsp3) is 0.286. The average Bonchev–Trinajstić information content (AvgIpc) is 2.40. The van der Waals surface area contributed by atoms with E-state index in [0.717, 1.165) is 11.1 Å². The van der Waals surface area contributed by atoms with Crippen molar-refractivity contribution in [3.05, 3.63) is 48.3 Å². The quantitative estimate of drug-likeness (QED) is 0.748. The number of nitrogens with zero attached hydrogens (tertiary/aromatic N) is 1. The summed E-state index contributed by atoms with van der Waals surface area (Å²) in [5.74, 6) is -0.345. The number of carbonyl (C=O) groups is 1. The van der Waals surface area contributed by atoms with Crippen molar-refractivity contribution in [2.45, 2.75) is 13.3 Å². The standard InChI is InChI=1S/C14H15NO2/c1-2-17-14(16)13-6-4-3-5-12(13)11-7-9-15-10-8-11/h3-5,7-10,13H,2,6H2,1H3. The first kappa shape index (κ1) is 11.6. The van der Waals surface area contributed by atoms with E-state index < -0.39 is 0 Å². The van der Waals surface area contributed by atoms with Crippen LogP contribution in [0.1, 0.15) is 18.9 Å². The molecule has 0 fully saturated rings. The molecule has 1 aliphatic rings. The summed E-state index contributed by atoms with van der Waals surface area (Å²) in [7, 11) is 0. The number of pyridine rings is 1. The van der Waals surface area contributed by atoms with E-state index in [9.17, 15) is 4.79 Å². The molecule has 0 saturated heterocycles. The first-order chi connectivity index (χ1) is 8.33. The second kappa shape index (κ2) is 5.43. The molecule has 3 heteroatoms. The van der Waals surface area contributed by atoms with Crippen LogP contribution in [0.5, 0.6) is 0 Å². The van der Waals surface area contributed by atoms with Gasteiger partial charge in [0, 0.05) is 12.4 Å². The highest BCUT2D eigenvalue weighted by Crippen LogP contribution is 2.30. The van der Waals surface area contributed by atoms with Gasteiger partial charge in [0.1, 0.15) is 0 Å². The van der Waals surface area contributed by atoms with E-state index in [4.69, 9.17) is 4.74 Å². The molecule has 0 spiro atoms. The van der Waals surface area contributed by atoms with Gasteiger partial charge in [-0.2, -0.15) is 0 Å². The van der Waals surface area contributed by atoms with Crippen molar-refractivity contribution in [2.75, 3.05) is 6.61 Å². The van der Waals surface area contributed by atoms with Gasteiger partial charge in [-0.15, -0.1) is 0 Å². The molecule has 17 heavy (non-hydrogen) atoms. The third kappa shape index (κ3) is 2.61. The molecule has 0 N–H and O–H groups in total. The second-order valence-corrected chi connectivity index (χ2v) is 3.83. The highest BCUT2D eigenvalue weighted by atomic mass is 16.5. The van der Waals surface area contributed by atoms with Gasteiger partial charge in [-0.05, 0) is 36.6 Å². The maximum atomic E-state index is 11.9. The highest BCUT2D eigenvalue weighted by Gasteiger charge is 2.25. The third-order valence-corrected chi connectivity index (χ3v) is 2.74. The molecule has 88 valence electrons. The van der Waals surface area contributed by atoms with Crippen molar-refractivity contribution >= 4 is 11.5 Å². The van der Waals surface area contributed by atoms with Crippen LogP contribution in [-0.2, 0) is 9.53 Å². The van der Waals surface area contributed by atoms with Crippen LogP contribution in [0, 0.1) is 5.92 Å². The van der Waals surface area contributed by atoms with E-state index in [-0.39, 0.29) is 11.9 Å². The Morgan fingerprint density at radius 1 is 1.47 bits per heavy atom. The third-order valence-electron chi connectivity index (χ3n) is 2.74. The van der Waals surface area contributed by atoms with Gasteiger partial charge in [-0.3, -0.25) is 9.78 Å². The number of allylic oxidation sites excluding steroid dienone is 3. The molecule has 1 atom stereocenters. The van der Waals surface area contributed by atoms with Crippen LogP contribution in [0.3, 0.4) is 0 Å². The van der Waals surface area contributed by atoms with Crippen LogP contribution >= 0.6 is 0 Å². The Labute approximate surface area is 101 Å². The number of ether oxygens (including phenoxy) is 1.